The number of urea groups is 1. The van der Waals surface area contributed by atoms with Crippen LogP contribution in [0.5, 0.6) is 5.75 Å². The number of hydrogen-bond acceptors (Lipinski definition) is 5. The predicted molar refractivity (Wildman–Crippen MR) is 131 cm³/mol. The van der Waals surface area contributed by atoms with Crippen molar-refractivity contribution >= 4 is 11.9 Å². The Balaban J connectivity index is 1.32. The number of pyridine rings is 1. The molecule has 2 fully saturated rings. The lowest BCUT2D eigenvalue weighted by atomic mass is 9.88. The fourth-order valence-corrected chi connectivity index (χ4v) is 4.66. The highest BCUT2D eigenvalue weighted by Gasteiger charge is 2.32. The Morgan fingerprint density at radius 2 is 2.03 bits per heavy atom. The molecule has 3 amide bonds. The molecular weight excluding hydrogens is 430 g/mol. The van der Waals surface area contributed by atoms with Gasteiger partial charge in [-0.25, -0.2) is 4.79 Å². The number of aromatic nitrogens is 1. The first-order chi connectivity index (χ1) is 16.6. The van der Waals surface area contributed by atoms with Crippen molar-refractivity contribution in [2.24, 2.45) is 11.8 Å². The molecule has 0 bridgehead atoms. The number of carbonyl (C=O) groups is 2. The first-order valence-corrected chi connectivity index (χ1v) is 12.2. The van der Waals surface area contributed by atoms with Crippen LogP contribution in [0.25, 0.3) is 0 Å². The van der Waals surface area contributed by atoms with Crippen LogP contribution in [0, 0.1) is 18.8 Å². The van der Waals surface area contributed by atoms with Crippen molar-refractivity contribution in [3.63, 3.8) is 0 Å². The summed E-state index contributed by atoms with van der Waals surface area (Å²) in [5, 5.41) is 5.85. The molecule has 8 heteroatoms. The average Bonchev–Trinajstić information content (AvgIpc) is 3.27. The smallest absolute Gasteiger partial charge is 0.317 e. The average molecular weight is 466 g/mol. The molecule has 1 aromatic carbocycles. The van der Waals surface area contributed by atoms with Crippen LogP contribution in [0.2, 0.25) is 0 Å². The lowest BCUT2D eigenvalue weighted by Crippen LogP contribution is -2.49. The highest BCUT2D eigenvalue weighted by atomic mass is 16.5. The molecule has 2 atom stereocenters. The van der Waals surface area contributed by atoms with Gasteiger partial charge in [-0.15, -0.1) is 0 Å². The Kier molecular flexibility index (Phi) is 8.36. The minimum absolute atomic E-state index is 0.0539. The maximum absolute atomic E-state index is 13.0. The van der Waals surface area contributed by atoms with E-state index in [0.29, 0.717) is 32.8 Å². The Bertz CT molecular complexity index is 937. The lowest BCUT2D eigenvalue weighted by molar-refractivity contribution is -0.127. The first kappa shape index (κ1) is 24.0. The molecule has 2 saturated heterocycles. The van der Waals surface area contributed by atoms with E-state index < -0.39 is 0 Å². The number of carbonyl (C=O) groups excluding carboxylic acids is 2. The van der Waals surface area contributed by atoms with Crippen molar-refractivity contribution in [1.82, 2.24) is 25.4 Å². The van der Waals surface area contributed by atoms with Crippen molar-refractivity contribution < 1.29 is 14.3 Å². The van der Waals surface area contributed by atoms with Crippen LogP contribution < -0.4 is 15.4 Å². The molecule has 0 radical (unpaired) electrons. The summed E-state index contributed by atoms with van der Waals surface area (Å²) in [5.74, 6) is 0.982. The van der Waals surface area contributed by atoms with E-state index in [1.807, 2.05) is 25.1 Å². The van der Waals surface area contributed by atoms with Crippen molar-refractivity contribution in [2.45, 2.75) is 19.8 Å². The highest BCUT2D eigenvalue weighted by Crippen LogP contribution is 2.24. The summed E-state index contributed by atoms with van der Waals surface area (Å²) in [6.45, 7) is 7.44. The Morgan fingerprint density at radius 1 is 1.18 bits per heavy atom. The number of nitrogens with zero attached hydrogens (tertiary/aromatic N) is 3. The van der Waals surface area contributed by atoms with Crippen LogP contribution in [-0.4, -0.2) is 79.1 Å². The van der Waals surface area contributed by atoms with Crippen LogP contribution in [0.3, 0.4) is 0 Å². The summed E-state index contributed by atoms with van der Waals surface area (Å²) in [5.41, 5.74) is 2.26. The molecule has 2 aliphatic rings. The quantitative estimate of drug-likeness (QED) is 0.561. The number of rotatable bonds is 10. The normalized spacial score (nSPS) is 20.7. The van der Waals surface area contributed by atoms with Gasteiger partial charge in [0.05, 0.1) is 18.7 Å². The number of benzene rings is 1. The second-order valence-electron chi connectivity index (χ2n) is 9.25. The van der Waals surface area contributed by atoms with E-state index in [2.05, 4.69) is 44.8 Å². The van der Waals surface area contributed by atoms with E-state index in [9.17, 15) is 9.59 Å². The largest absolute Gasteiger partial charge is 0.492 e. The molecule has 34 heavy (non-hydrogen) atoms. The van der Waals surface area contributed by atoms with Crippen molar-refractivity contribution in [1.29, 1.82) is 0 Å². The number of aryl methyl sites for hydroxylation is 1. The molecular formula is C26H35N5O3. The fourth-order valence-electron chi connectivity index (χ4n) is 4.66. The maximum atomic E-state index is 13.0. The van der Waals surface area contributed by atoms with E-state index in [1.54, 1.807) is 11.1 Å². The monoisotopic (exact) mass is 465 g/mol. The van der Waals surface area contributed by atoms with Crippen molar-refractivity contribution in [2.75, 3.05) is 52.4 Å². The van der Waals surface area contributed by atoms with E-state index in [-0.39, 0.29) is 23.8 Å². The van der Waals surface area contributed by atoms with Gasteiger partial charge in [0.25, 0.3) is 0 Å². The topological polar surface area (TPSA) is 86.8 Å². The molecule has 1 aromatic heterocycles. The molecule has 4 rings (SSSR count). The molecule has 3 heterocycles. The summed E-state index contributed by atoms with van der Waals surface area (Å²) in [6, 6.07) is 14.3. The minimum Gasteiger partial charge on any atom is -0.492 e. The van der Waals surface area contributed by atoms with Gasteiger partial charge in [-0.3, -0.25) is 9.78 Å². The third-order valence-corrected chi connectivity index (χ3v) is 6.54. The molecule has 8 nitrogen and oxygen atoms in total. The van der Waals surface area contributed by atoms with Crippen LogP contribution in [0.4, 0.5) is 4.79 Å². The van der Waals surface area contributed by atoms with Gasteiger partial charge in [0.2, 0.25) is 5.91 Å². The fraction of sp³-hybridized carbons (Fsp3) is 0.500. The molecule has 182 valence electrons. The SMILES string of the molecule is Cc1ccc(OC[C@H]2C[C@@H](C(=O)NCCN3CCNC3=O)CN(CCc3ccccc3)C2)cn1. The summed E-state index contributed by atoms with van der Waals surface area (Å²) in [4.78, 5) is 33.2. The zero-order valence-electron chi connectivity index (χ0n) is 19.9. The number of ether oxygens (including phenoxy) is 1. The second-order valence-corrected chi connectivity index (χ2v) is 9.25. The summed E-state index contributed by atoms with van der Waals surface area (Å²) in [6.07, 6.45) is 3.50. The number of amides is 3. The predicted octanol–water partition coefficient (Wildman–Crippen LogP) is 2.09. The van der Waals surface area contributed by atoms with Crippen molar-refractivity contribution in [3.8, 4) is 5.75 Å². The van der Waals surface area contributed by atoms with Crippen LogP contribution in [0.15, 0.2) is 48.7 Å². The van der Waals surface area contributed by atoms with Gasteiger partial charge in [0.15, 0.2) is 0 Å². The van der Waals surface area contributed by atoms with Crippen LogP contribution in [0.1, 0.15) is 17.7 Å². The summed E-state index contributed by atoms with van der Waals surface area (Å²) >= 11 is 0. The van der Waals surface area contributed by atoms with Crippen LogP contribution in [-0.2, 0) is 11.2 Å². The zero-order chi connectivity index (χ0) is 23.8. The number of nitrogens with one attached hydrogen (secondary N) is 2. The number of piperidine rings is 1. The van der Waals surface area contributed by atoms with Gasteiger partial charge in [-0.2, -0.15) is 0 Å². The van der Waals surface area contributed by atoms with Gasteiger partial charge in [-0.05, 0) is 37.5 Å². The molecule has 0 spiro atoms. The minimum atomic E-state index is -0.0957. The Labute approximate surface area is 201 Å². The van der Waals surface area contributed by atoms with Gasteiger partial charge >= 0.3 is 6.03 Å². The van der Waals surface area contributed by atoms with E-state index in [1.165, 1.54) is 5.56 Å². The van der Waals surface area contributed by atoms with E-state index in [0.717, 1.165) is 43.9 Å². The Morgan fingerprint density at radius 3 is 2.76 bits per heavy atom. The van der Waals surface area contributed by atoms with Gasteiger partial charge in [0, 0.05) is 57.4 Å². The summed E-state index contributed by atoms with van der Waals surface area (Å²) in [7, 11) is 0. The third-order valence-electron chi connectivity index (χ3n) is 6.54. The lowest BCUT2D eigenvalue weighted by Gasteiger charge is -2.37. The first-order valence-electron chi connectivity index (χ1n) is 12.2. The zero-order valence-corrected chi connectivity index (χ0v) is 19.9. The van der Waals surface area contributed by atoms with Gasteiger partial charge < -0.3 is 25.2 Å². The molecule has 0 aliphatic carbocycles. The maximum Gasteiger partial charge on any atom is 0.317 e. The summed E-state index contributed by atoms with van der Waals surface area (Å²) < 4.78 is 6.03. The molecule has 0 saturated carbocycles. The van der Waals surface area contributed by atoms with Crippen LogP contribution >= 0.6 is 0 Å². The molecule has 0 unspecified atom stereocenters. The van der Waals surface area contributed by atoms with Gasteiger partial charge in [-0.1, -0.05) is 30.3 Å². The molecule has 2 aliphatic heterocycles. The molecule has 2 aromatic rings. The number of hydrogen-bond donors (Lipinski definition) is 2. The second kappa shape index (κ2) is 11.8. The number of likely N-dealkylation sites (tertiary alicyclic amines) is 1. The Hall–Kier alpha value is -3.13. The van der Waals surface area contributed by atoms with Gasteiger partial charge in [0.1, 0.15) is 5.75 Å². The molecule has 2 N–H and O–H groups in total. The highest BCUT2D eigenvalue weighted by molar-refractivity contribution is 5.79. The van der Waals surface area contributed by atoms with E-state index in [4.69, 9.17) is 4.74 Å². The standard InChI is InChI=1S/C26H35N5O3/c1-20-7-8-24(16-29-20)34-19-22-15-23(25(32)27-10-13-31-14-11-28-26(31)33)18-30(17-22)12-9-21-5-3-2-4-6-21/h2-8,16,22-23H,9-15,17-19H2,1H3,(H,27,32)(H,28,33)/t22-,23+/m0/s1. The van der Waals surface area contributed by atoms with E-state index >= 15 is 0 Å². The third kappa shape index (κ3) is 6.93. The van der Waals surface area contributed by atoms with Crippen molar-refractivity contribution in [3.05, 3.63) is 59.9 Å².